The fraction of sp³-hybridized carbons (Fsp3) is 0.214. The molecule has 1 aromatic carbocycles. The zero-order chi connectivity index (χ0) is 16.6. The second kappa shape index (κ2) is 5.58. The van der Waals surface area contributed by atoms with Crippen LogP contribution in [0.25, 0.3) is 5.69 Å². The Morgan fingerprint density at radius 3 is 2.39 bits per heavy atom. The van der Waals surface area contributed by atoms with Crippen LogP contribution in [0.1, 0.15) is 6.42 Å². The maximum atomic E-state index is 13.0. The molecule has 9 heteroatoms. The molecule has 1 fully saturated rings. The highest BCUT2D eigenvalue weighted by Gasteiger charge is 2.39. The van der Waals surface area contributed by atoms with Gasteiger partial charge in [-0.1, -0.05) is 18.2 Å². The van der Waals surface area contributed by atoms with Crippen LogP contribution in [0.4, 0.5) is 9.57 Å². The minimum absolute atomic E-state index is 0.151. The van der Waals surface area contributed by atoms with Crippen LogP contribution in [0.15, 0.2) is 47.4 Å². The number of benzene rings is 1. The standard InChI is InChI=1S/C14H12FN3O4S/c15-23(21,22)12-7-13(19)17(9-12)11-6-14(20)18(16-8-11)10-4-2-1-3-5-10/h1-6,8,12H,7,9H2. The number of amides is 1. The van der Waals surface area contributed by atoms with E-state index in [1.807, 2.05) is 0 Å². The Morgan fingerprint density at radius 1 is 1.13 bits per heavy atom. The van der Waals surface area contributed by atoms with Crippen LogP contribution in [0.5, 0.6) is 0 Å². The summed E-state index contributed by atoms with van der Waals surface area (Å²) in [4.78, 5) is 25.1. The van der Waals surface area contributed by atoms with E-state index in [2.05, 4.69) is 5.10 Å². The molecule has 0 bridgehead atoms. The second-order valence-electron chi connectivity index (χ2n) is 5.11. The Kier molecular flexibility index (Phi) is 3.72. The molecule has 1 amide bonds. The van der Waals surface area contributed by atoms with Gasteiger partial charge in [-0.05, 0) is 12.1 Å². The molecule has 120 valence electrons. The van der Waals surface area contributed by atoms with E-state index >= 15 is 0 Å². The first-order chi connectivity index (χ1) is 10.9. The molecule has 3 rings (SSSR count). The van der Waals surface area contributed by atoms with Crippen molar-refractivity contribution in [3.8, 4) is 5.69 Å². The Hall–Kier alpha value is -2.55. The van der Waals surface area contributed by atoms with Gasteiger partial charge in [-0.3, -0.25) is 9.59 Å². The summed E-state index contributed by atoms with van der Waals surface area (Å²) >= 11 is 0. The van der Waals surface area contributed by atoms with E-state index < -0.39 is 33.4 Å². The van der Waals surface area contributed by atoms with Crippen molar-refractivity contribution in [3.05, 3.63) is 52.9 Å². The first-order valence-corrected chi connectivity index (χ1v) is 8.19. The number of hydrogen-bond donors (Lipinski definition) is 0. The molecule has 0 spiro atoms. The Morgan fingerprint density at radius 2 is 1.83 bits per heavy atom. The zero-order valence-corrected chi connectivity index (χ0v) is 12.6. The number of nitrogens with zero attached hydrogens (tertiary/aromatic N) is 3. The fourth-order valence-electron chi connectivity index (χ4n) is 2.42. The largest absolute Gasteiger partial charge is 0.309 e. The van der Waals surface area contributed by atoms with Crippen molar-refractivity contribution in [2.24, 2.45) is 0 Å². The van der Waals surface area contributed by atoms with E-state index in [-0.39, 0.29) is 12.2 Å². The lowest BCUT2D eigenvalue weighted by molar-refractivity contribution is -0.117. The summed E-state index contributed by atoms with van der Waals surface area (Å²) in [5.74, 6) is -0.560. The minimum Gasteiger partial charge on any atom is -0.309 e. The molecule has 0 aliphatic carbocycles. The van der Waals surface area contributed by atoms with Gasteiger partial charge in [0.25, 0.3) is 5.56 Å². The highest BCUT2D eigenvalue weighted by Crippen LogP contribution is 2.24. The van der Waals surface area contributed by atoms with Crippen molar-refractivity contribution in [3.63, 3.8) is 0 Å². The molecule has 1 unspecified atom stereocenters. The smallest absolute Gasteiger partial charge is 0.307 e. The van der Waals surface area contributed by atoms with Gasteiger partial charge in [0.05, 0.1) is 17.6 Å². The first-order valence-electron chi connectivity index (χ1n) is 6.75. The fourth-order valence-corrected chi connectivity index (χ4v) is 3.09. The van der Waals surface area contributed by atoms with Gasteiger partial charge in [0, 0.05) is 19.0 Å². The lowest BCUT2D eigenvalue weighted by Crippen LogP contribution is -2.29. The molecule has 1 atom stereocenters. The van der Waals surface area contributed by atoms with Gasteiger partial charge in [0.15, 0.2) is 0 Å². The predicted octanol–water partition coefficient (Wildman–Crippen LogP) is 0.637. The monoisotopic (exact) mass is 337 g/mol. The third-order valence-corrected chi connectivity index (χ3v) is 4.70. The molecule has 1 aliphatic heterocycles. The van der Waals surface area contributed by atoms with Crippen LogP contribution >= 0.6 is 0 Å². The highest BCUT2D eigenvalue weighted by molar-refractivity contribution is 7.87. The number of para-hydroxylation sites is 1. The molecule has 0 saturated carbocycles. The van der Waals surface area contributed by atoms with Gasteiger partial charge in [-0.2, -0.15) is 18.2 Å². The van der Waals surface area contributed by atoms with Crippen molar-refractivity contribution >= 4 is 21.8 Å². The van der Waals surface area contributed by atoms with Crippen LogP contribution in [0.3, 0.4) is 0 Å². The number of carbonyl (C=O) groups excluding carboxylic acids is 1. The van der Waals surface area contributed by atoms with Crippen molar-refractivity contribution in [1.82, 2.24) is 9.78 Å². The van der Waals surface area contributed by atoms with E-state index in [0.717, 1.165) is 9.58 Å². The van der Waals surface area contributed by atoms with Crippen molar-refractivity contribution in [2.45, 2.75) is 11.7 Å². The molecular formula is C14H12FN3O4S. The van der Waals surface area contributed by atoms with Gasteiger partial charge in [0.1, 0.15) is 5.25 Å². The van der Waals surface area contributed by atoms with Crippen molar-refractivity contribution in [2.75, 3.05) is 11.4 Å². The molecule has 2 heterocycles. The third-order valence-electron chi connectivity index (χ3n) is 3.59. The minimum atomic E-state index is -4.80. The molecule has 7 nitrogen and oxygen atoms in total. The average Bonchev–Trinajstić information content (AvgIpc) is 2.90. The molecule has 2 aromatic rings. The van der Waals surface area contributed by atoms with Gasteiger partial charge in [-0.15, -0.1) is 3.89 Å². The van der Waals surface area contributed by atoms with Crippen LogP contribution in [-0.2, 0) is 15.0 Å². The summed E-state index contributed by atoms with van der Waals surface area (Å²) in [6, 6.07) is 9.85. The number of carbonyl (C=O) groups is 1. The first kappa shape index (κ1) is 15.3. The van der Waals surface area contributed by atoms with Gasteiger partial charge in [-0.25, -0.2) is 0 Å². The maximum absolute atomic E-state index is 13.0. The Balaban J connectivity index is 1.93. The summed E-state index contributed by atoms with van der Waals surface area (Å²) in [5.41, 5.74) is 0.229. The average molecular weight is 337 g/mol. The SMILES string of the molecule is O=C1CC(S(=O)(=O)F)CN1c1cnn(-c2ccccc2)c(=O)c1. The lowest BCUT2D eigenvalue weighted by Gasteiger charge is -2.15. The summed E-state index contributed by atoms with van der Waals surface area (Å²) in [5, 5.41) is 2.57. The quantitative estimate of drug-likeness (QED) is 0.767. The zero-order valence-electron chi connectivity index (χ0n) is 11.8. The van der Waals surface area contributed by atoms with Crippen LogP contribution in [0, 0.1) is 0 Å². The molecule has 1 saturated heterocycles. The predicted molar refractivity (Wildman–Crippen MR) is 80.6 cm³/mol. The van der Waals surface area contributed by atoms with Crippen molar-refractivity contribution in [1.29, 1.82) is 0 Å². The normalized spacial score (nSPS) is 18.4. The van der Waals surface area contributed by atoms with Gasteiger partial charge in [0.2, 0.25) is 5.91 Å². The lowest BCUT2D eigenvalue weighted by atomic mass is 10.3. The summed E-state index contributed by atoms with van der Waals surface area (Å²) in [6.45, 7) is -0.325. The summed E-state index contributed by atoms with van der Waals surface area (Å²) in [6.07, 6.45) is 0.833. The molecule has 1 aliphatic rings. The summed E-state index contributed by atoms with van der Waals surface area (Å²) < 4.78 is 36.0. The summed E-state index contributed by atoms with van der Waals surface area (Å²) in [7, 11) is -4.80. The number of rotatable bonds is 3. The number of anilines is 1. The van der Waals surface area contributed by atoms with Crippen LogP contribution < -0.4 is 10.5 Å². The molecule has 0 N–H and O–H groups in total. The number of hydrogen-bond acceptors (Lipinski definition) is 5. The Labute approximate surface area is 131 Å². The topological polar surface area (TPSA) is 89.3 Å². The van der Waals surface area contributed by atoms with Crippen LogP contribution in [0.2, 0.25) is 0 Å². The highest BCUT2D eigenvalue weighted by atomic mass is 32.3. The number of halogens is 1. The second-order valence-corrected chi connectivity index (χ2v) is 6.72. The van der Waals surface area contributed by atoms with Crippen molar-refractivity contribution < 1.29 is 17.1 Å². The van der Waals surface area contributed by atoms with Gasteiger partial charge >= 0.3 is 10.2 Å². The van der Waals surface area contributed by atoms with E-state index in [1.165, 1.54) is 12.3 Å². The molecule has 1 aromatic heterocycles. The van der Waals surface area contributed by atoms with E-state index in [0.29, 0.717) is 5.69 Å². The maximum Gasteiger partial charge on any atom is 0.307 e. The van der Waals surface area contributed by atoms with E-state index in [1.54, 1.807) is 30.3 Å². The van der Waals surface area contributed by atoms with Crippen LogP contribution in [-0.4, -0.2) is 35.9 Å². The molecule has 0 radical (unpaired) electrons. The molecular weight excluding hydrogens is 325 g/mol. The Bertz CT molecular complexity index is 911. The molecule has 23 heavy (non-hydrogen) atoms. The van der Waals surface area contributed by atoms with Gasteiger partial charge < -0.3 is 4.90 Å². The number of aromatic nitrogens is 2. The van der Waals surface area contributed by atoms with E-state index in [9.17, 15) is 21.9 Å². The third kappa shape index (κ3) is 3.00. The van der Waals surface area contributed by atoms with E-state index in [4.69, 9.17) is 0 Å².